The van der Waals surface area contributed by atoms with E-state index in [9.17, 15) is 13.2 Å². The molecule has 0 saturated carbocycles. The highest BCUT2D eigenvalue weighted by Gasteiger charge is 2.28. The second kappa shape index (κ2) is 7.11. The van der Waals surface area contributed by atoms with Crippen LogP contribution in [-0.2, 0) is 21.2 Å². The summed E-state index contributed by atoms with van der Waals surface area (Å²) in [4.78, 5) is 12.1. The number of nitriles is 1. The Balaban J connectivity index is 1.75. The standard InChI is InChI=1S/C18H19N3O3S/c19-9-3-10-21-12-14(16-4-1-2-5-17(16)21)6-7-18(22)20-15-8-11-25(23,24)13-15/h1-2,4-7,12,15H,3,8,10-11,13H2,(H,20,22)/b7-6+/t15-/m0/s1. The Kier molecular flexibility index (Phi) is 4.91. The van der Waals surface area contributed by atoms with Gasteiger partial charge in [0.05, 0.1) is 24.0 Å². The lowest BCUT2D eigenvalue weighted by molar-refractivity contribution is -0.116. The number of carbonyl (C=O) groups excluding carboxylic acids is 1. The van der Waals surface area contributed by atoms with Gasteiger partial charge in [-0.2, -0.15) is 5.26 Å². The molecule has 1 aliphatic rings. The van der Waals surface area contributed by atoms with Crippen molar-refractivity contribution in [3.63, 3.8) is 0 Å². The number of aromatic nitrogens is 1. The summed E-state index contributed by atoms with van der Waals surface area (Å²) in [5, 5.41) is 12.5. The van der Waals surface area contributed by atoms with Crippen molar-refractivity contribution in [3.8, 4) is 6.07 Å². The third-order valence-electron chi connectivity index (χ3n) is 4.28. The first-order valence-electron chi connectivity index (χ1n) is 8.12. The van der Waals surface area contributed by atoms with Crippen LogP contribution < -0.4 is 5.32 Å². The number of carbonyl (C=O) groups is 1. The van der Waals surface area contributed by atoms with Crippen molar-refractivity contribution in [2.75, 3.05) is 11.5 Å². The molecule has 1 N–H and O–H groups in total. The van der Waals surface area contributed by atoms with Gasteiger partial charge in [-0.15, -0.1) is 0 Å². The van der Waals surface area contributed by atoms with E-state index in [1.165, 1.54) is 6.08 Å². The molecule has 6 nitrogen and oxygen atoms in total. The maximum absolute atomic E-state index is 12.1. The van der Waals surface area contributed by atoms with E-state index in [1.807, 2.05) is 35.0 Å². The second-order valence-electron chi connectivity index (χ2n) is 6.14. The maximum Gasteiger partial charge on any atom is 0.244 e. The van der Waals surface area contributed by atoms with Crippen LogP contribution in [0.2, 0.25) is 0 Å². The summed E-state index contributed by atoms with van der Waals surface area (Å²) in [7, 11) is -3.01. The van der Waals surface area contributed by atoms with Gasteiger partial charge in [-0.25, -0.2) is 8.42 Å². The minimum Gasteiger partial charge on any atom is -0.349 e. The maximum atomic E-state index is 12.1. The van der Waals surface area contributed by atoms with Gasteiger partial charge in [0.1, 0.15) is 0 Å². The van der Waals surface area contributed by atoms with Gasteiger partial charge in [0.15, 0.2) is 9.84 Å². The number of rotatable bonds is 5. The topological polar surface area (TPSA) is 92.0 Å². The van der Waals surface area contributed by atoms with E-state index in [0.29, 0.717) is 19.4 Å². The molecule has 2 heterocycles. The SMILES string of the molecule is N#CCCn1cc(/C=C/C(=O)N[C@H]2CCS(=O)(=O)C2)c2ccccc21. The number of hydrogen-bond donors (Lipinski definition) is 1. The van der Waals surface area contributed by atoms with E-state index in [-0.39, 0.29) is 23.5 Å². The molecule has 0 unspecified atom stereocenters. The van der Waals surface area contributed by atoms with Crippen molar-refractivity contribution in [1.29, 1.82) is 5.26 Å². The molecule has 1 aliphatic heterocycles. The number of nitrogens with one attached hydrogen (secondary N) is 1. The highest BCUT2D eigenvalue weighted by Crippen LogP contribution is 2.22. The molecule has 1 amide bonds. The van der Waals surface area contributed by atoms with Crippen molar-refractivity contribution in [2.24, 2.45) is 0 Å². The summed E-state index contributed by atoms with van der Waals surface area (Å²) in [6.07, 6.45) is 5.96. The van der Waals surface area contributed by atoms with Gasteiger partial charge in [-0.1, -0.05) is 18.2 Å². The zero-order valence-corrected chi connectivity index (χ0v) is 14.5. The first kappa shape index (κ1) is 17.2. The number of fused-ring (bicyclic) bond motifs is 1. The molecule has 0 radical (unpaired) electrons. The Labute approximate surface area is 146 Å². The van der Waals surface area contributed by atoms with E-state index in [1.54, 1.807) is 6.08 Å². The van der Waals surface area contributed by atoms with Crippen molar-refractivity contribution in [1.82, 2.24) is 9.88 Å². The fourth-order valence-electron chi connectivity index (χ4n) is 3.09. The molecule has 3 rings (SSSR count). The average molecular weight is 357 g/mol. The first-order valence-corrected chi connectivity index (χ1v) is 9.94. The van der Waals surface area contributed by atoms with Gasteiger partial charge in [0, 0.05) is 41.3 Å². The summed E-state index contributed by atoms with van der Waals surface area (Å²) >= 11 is 0. The van der Waals surface area contributed by atoms with Crippen LogP contribution in [0.5, 0.6) is 0 Å². The lowest BCUT2D eigenvalue weighted by Crippen LogP contribution is -2.34. The number of benzene rings is 1. The van der Waals surface area contributed by atoms with Crippen molar-refractivity contribution >= 4 is 32.7 Å². The Morgan fingerprint density at radius 3 is 2.92 bits per heavy atom. The Morgan fingerprint density at radius 1 is 1.40 bits per heavy atom. The second-order valence-corrected chi connectivity index (χ2v) is 8.37. The Morgan fingerprint density at radius 2 is 2.20 bits per heavy atom. The molecule has 1 atom stereocenters. The van der Waals surface area contributed by atoms with E-state index >= 15 is 0 Å². The molecule has 7 heteroatoms. The number of para-hydroxylation sites is 1. The van der Waals surface area contributed by atoms with Crippen molar-refractivity contribution in [3.05, 3.63) is 42.1 Å². The number of sulfone groups is 1. The Hall–Kier alpha value is -2.59. The Bertz CT molecular complexity index is 967. The summed E-state index contributed by atoms with van der Waals surface area (Å²) in [6, 6.07) is 9.64. The predicted octanol–water partition coefficient (Wildman–Crippen LogP) is 1.87. The van der Waals surface area contributed by atoms with Gasteiger partial charge in [-0.3, -0.25) is 4.79 Å². The van der Waals surface area contributed by atoms with Crippen LogP contribution in [0.4, 0.5) is 0 Å². The van der Waals surface area contributed by atoms with Crippen LogP contribution in [0.3, 0.4) is 0 Å². The van der Waals surface area contributed by atoms with E-state index in [4.69, 9.17) is 5.26 Å². The normalized spacial score (nSPS) is 19.2. The van der Waals surface area contributed by atoms with Crippen LogP contribution in [0.25, 0.3) is 17.0 Å². The smallest absolute Gasteiger partial charge is 0.244 e. The molecular formula is C18H19N3O3S. The largest absolute Gasteiger partial charge is 0.349 e. The first-order chi connectivity index (χ1) is 12.0. The number of aryl methyl sites for hydroxylation is 1. The summed E-state index contributed by atoms with van der Waals surface area (Å²) in [6.45, 7) is 0.594. The zero-order chi connectivity index (χ0) is 17.9. The van der Waals surface area contributed by atoms with Gasteiger partial charge in [0.25, 0.3) is 0 Å². The minimum absolute atomic E-state index is 0.0139. The summed E-state index contributed by atoms with van der Waals surface area (Å²) in [5.41, 5.74) is 1.91. The molecule has 25 heavy (non-hydrogen) atoms. The van der Waals surface area contributed by atoms with Gasteiger partial charge in [0.2, 0.25) is 5.91 Å². The van der Waals surface area contributed by atoms with Crippen LogP contribution in [0.15, 0.2) is 36.5 Å². The fourth-order valence-corrected chi connectivity index (χ4v) is 4.76. The van der Waals surface area contributed by atoms with Gasteiger partial charge in [-0.05, 0) is 18.6 Å². The molecule has 1 aromatic carbocycles. The van der Waals surface area contributed by atoms with Gasteiger partial charge < -0.3 is 9.88 Å². The third-order valence-corrected chi connectivity index (χ3v) is 6.04. The summed E-state index contributed by atoms with van der Waals surface area (Å²) < 4.78 is 24.9. The molecule has 0 aliphatic carbocycles. The summed E-state index contributed by atoms with van der Waals surface area (Å²) in [5.74, 6) is -0.148. The molecule has 0 spiro atoms. The zero-order valence-electron chi connectivity index (χ0n) is 13.7. The molecule has 2 aromatic rings. The van der Waals surface area contributed by atoms with E-state index < -0.39 is 9.84 Å². The predicted molar refractivity (Wildman–Crippen MR) is 96.4 cm³/mol. The molecule has 1 aromatic heterocycles. The molecule has 1 saturated heterocycles. The molecular weight excluding hydrogens is 338 g/mol. The van der Waals surface area contributed by atoms with Crippen LogP contribution in [0, 0.1) is 11.3 Å². The lowest BCUT2D eigenvalue weighted by Gasteiger charge is -2.07. The van der Waals surface area contributed by atoms with Crippen LogP contribution in [-0.4, -0.2) is 36.4 Å². The lowest BCUT2D eigenvalue weighted by atomic mass is 10.1. The number of amides is 1. The number of hydrogen-bond acceptors (Lipinski definition) is 4. The van der Waals surface area contributed by atoms with Gasteiger partial charge >= 0.3 is 0 Å². The molecule has 0 bridgehead atoms. The third kappa shape index (κ3) is 4.09. The highest BCUT2D eigenvalue weighted by atomic mass is 32.2. The average Bonchev–Trinajstić information content (AvgIpc) is 3.11. The van der Waals surface area contributed by atoms with Crippen molar-refractivity contribution in [2.45, 2.75) is 25.4 Å². The number of nitrogens with zero attached hydrogens (tertiary/aromatic N) is 2. The monoisotopic (exact) mass is 357 g/mol. The highest BCUT2D eigenvalue weighted by molar-refractivity contribution is 7.91. The van der Waals surface area contributed by atoms with E-state index in [0.717, 1.165) is 16.5 Å². The van der Waals surface area contributed by atoms with Crippen LogP contribution in [0.1, 0.15) is 18.4 Å². The quantitative estimate of drug-likeness (QED) is 0.827. The molecule has 130 valence electrons. The van der Waals surface area contributed by atoms with E-state index in [2.05, 4.69) is 11.4 Å². The van der Waals surface area contributed by atoms with Crippen molar-refractivity contribution < 1.29 is 13.2 Å². The molecule has 1 fully saturated rings. The minimum atomic E-state index is -3.01. The fraction of sp³-hybridized carbons (Fsp3) is 0.333. The van der Waals surface area contributed by atoms with Crippen LogP contribution >= 0.6 is 0 Å².